The fourth-order valence-corrected chi connectivity index (χ4v) is 5.21. The largest absolute Gasteiger partial charge is 0.496 e. The number of carbonyl (C=O) groups excluding carboxylic acids is 2. The number of rotatable bonds is 7. The predicted molar refractivity (Wildman–Crippen MR) is 147 cm³/mol. The van der Waals surface area contributed by atoms with Crippen LogP contribution in [0.4, 0.5) is 24.5 Å². The van der Waals surface area contributed by atoms with Crippen LogP contribution in [0.2, 0.25) is 0 Å². The molecule has 0 aromatic heterocycles. The normalized spacial score (nSPS) is 16.9. The number of carboxylic acid groups (broad SMARTS) is 2. The number of nitrogens with two attached hydrogens (primary N) is 1. The van der Waals surface area contributed by atoms with Gasteiger partial charge >= 0.3 is 18.1 Å². The van der Waals surface area contributed by atoms with Gasteiger partial charge in [0.2, 0.25) is 5.91 Å². The van der Waals surface area contributed by atoms with Crippen molar-refractivity contribution in [1.29, 1.82) is 0 Å². The molecule has 2 saturated heterocycles. The highest BCUT2D eigenvalue weighted by Gasteiger charge is 2.45. The number of piperidine rings is 2. The molecule has 228 valence electrons. The highest BCUT2D eigenvalue weighted by molar-refractivity contribution is 6.09. The maximum Gasteiger partial charge on any atom is 0.490 e. The summed E-state index contributed by atoms with van der Waals surface area (Å²) in [6.07, 6.45) is -0.574. The van der Waals surface area contributed by atoms with Gasteiger partial charge in [-0.2, -0.15) is 13.2 Å². The molecule has 14 heteroatoms. The first-order chi connectivity index (χ1) is 19.8. The number of amides is 2. The number of carbonyl (C=O) groups is 4. The number of aliphatic carboxylic acids is 1. The van der Waals surface area contributed by atoms with E-state index in [0.29, 0.717) is 37.2 Å². The van der Waals surface area contributed by atoms with Gasteiger partial charge in [0, 0.05) is 18.8 Å². The van der Waals surface area contributed by atoms with E-state index >= 15 is 0 Å². The first kappa shape index (κ1) is 32.2. The Labute approximate surface area is 240 Å². The summed E-state index contributed by atoms with van der Waals surface area (Å²) in [5.74, 6) is -4.23. The molecular weight excluding hydrogens is 561 g/mol. The standard InChI is InChI=1S/C26H32N4O5.C2HF3O2/c1-35-22-8-4-3-7-19(22)23(31)28-21-10-9-18(17-20(21)24(32)33)29-15-11-26(12-16-29,25(27)34)30-13-5-2-6-14-30;3-2(4,5)1(6)7/h3-4,7-10,17H,2,5-6,11-16H2,1H3,(H2,27,34)(H,28,31)(H,32,33);(H,6,7). The number of anilines is 2. The molecule has 0 saturated carbocycles. The topological polar surface area (TPSA) is 162 Å². The van der Waals surface area contributed by atoms with Crippen LogP contribution < -0.4 is 20.7 Å². The van der Waals surface area contributed by atoms with Crippen LogP contribution in [0, 0.1) is 0 Å². The van der Waals surface area contributed by atoms with Crippen molar-refractivity contribution in [1.82, 2.24) is 4.90 Å². The Bertz CT molecular complexity index is 1300. The summed E-state index contributed by atoms with van der Waals surface area (Å²) in [4.78, 5) is 50.6. The Morgan fingerprint density at radius 1 is 0.929 bits per heavy atom. The highest BCUT2D eigenvalue weighted by Crippen LogP contribution is 2.34. The number of likely N-dealkylation sites (tertiary alicyclic amines) is 1. The molecule has 2 aliphatic rings. The zero-order chi connectivity index (χ0) is 31.1. The smallest absolute Gasteiger partial charge is 0.490 e. The second kappa shape index (κ2) is 13.6. The Morgan fingerprint density at radius 2 is 1.52 bits per heavy atom. The molecule has 11 nitrogen and oxygen atoms in total. The predicted octanol–water partition coefficient (Wildman–Crippen LogP) is 3.59. The van der Waals surface area contributed by atoms with Crippen LogP contribution in [0.5, 0.6) is 5.75 Å². The minimum absolute atomic E-state index is 0.00600. The Kier molecular flexibility index (Phi) is 10.4. The summed E-state index contributed by atoms with van der Waals surface area (Å²) >= 11 is 0. The third kappa shape index (κ3) is 7.49. The molecule has 2 heterocycles. The lowest BCUT2D eigenvalue weighted by atomic mass is 9.83. The second-order valence-corrected chi connectivity index (χ2v) is 9.92. The highest BCUT2D eigenvalue weighted by atomic mass is 19.4. The van der Waals surface area contributed by atoms with Gasteiger partial charge in [0.15, 0.2) is 0 Å². The van der Waals surface area contributed by atoms with Crippen molar-refractivity contribution < 1.29 is 47.3 Å². The number of carboxylic acids is 2. The monoisotopic (exact) mass is 594 g/mol. The molecule has 2 aliphatic heterocycles. The van der Waals surface area contributed by atoms with E-state index in [9.17, 15) is 32.7 Å². The van der Waals surface area contributed by atoms with Gasteiger partial charge < -0.3 is 30.9 Å². The Hall–Kier alpha value is -4.33. The van der Waals surface area contributed by atoms with Gasteiger partial charge in [-0.05, 0) is 69.1 Å². The molecule has 2 amide bonds. The SMILES string of the molecule is COc1ccccc1C(=O)Nc1ccc(N2CCC(C(N)=O)(N3CCCCC3)CC2)cc1C(=O)O.O=C(O)C(F)(F)F. The number of primary amides is 1. The lowest BCUT2D eigenvalue weighted by molar-refractivity contribution is -0.192. The summed E-state index contributed by atoms with van der Waals surface area (Å²) in [7, 11) is 1.47. The number of benzene rings is 2. The van der Waals surface area contributed by atoms with Crippen molar-refractivity contribution in [3.8, 4) is 5.75 Å². The van der Waals surface area contributed by atoms with E-state index < -0.39 is 29.6 Å². The molecule has 2 aromatic carbocycles. The lowest BCUT2D eigenvalue weighted by Gasteiger charge is -2.48. The average Bonchev–Trinajstić information content (AvgIpc) is 2.97. The van der Waals surface area contributed by atoms with E-state index in [1.807, 2.05) is 0 Å². The van der Waals surface area contributed by atoms with Crippen LogP contribution >= 0.6 is 0 Å². The third-order valence-electron chi connectivity index (χ3n) is 7.45. The zero-order valence-electron chi connectivity index (χ0n) is 22.9. The van der Waals surface area contributed by atoms with Crippen molar-refractivity contribution in [3.63, 3.8) is 0 Å². The van der Waals surface area contributed by atoms with E-state index in [2.05, 4.69) is 15.1 Å². The number of alkyl halides is 3. The van der Waals surface area contributed by atoms with E-state index in [0.717, 1.165) is 31.6 Å². The van der Waals surface area contributed by atoms with E-state index in [1.165, 1.54) is 13.5 Å². The fraction of sp³-hybridized carbons (Fsp3) is 0.429. The fourth-order valence-electron chi connectivity index (χ4n) is 5.21. The summed E-state index contributed by atoms with van der Waals surface area (Å²) in [6.45, 7) is 2.94. The maximum atomic E-state index is 12.8. The number of nitrogens with zero attached hydrogens (tertiary/aromatic N) is 2. The summed E-state index contributed by atoms with van der Waals surface area (Å²) in [5, 5.41) is 19.7. The van der Waals surface area contributed by atoms with E-state index in [1.54, 1.807) is 42.5 Å². The van der Waals surface area contributed by atoms with Crippen LogP contribution in [-0.2, 0) is 9.59 Å². The van der Waals surface area contributed by atoms with Gasteiger partial charge in [-0.15, -0.1) is 0 Å². The maximum absolute atomic E-state index is 12.8. The average molecular weight is 595 g/mol. The van der Waals surface area contributed by atoms with Crippen LogP contribution in [0.3, 0.4) is 0 Å². The molecule has 0 radical (unpaired) electrons. The zero-order valence-corrected chi connectivity index (χ0v) is 22.9. The van der Waals surface area contributed by atoms with Gasteiger partial charge in [0.1, 0.15) is 11.3 Å². The molecule has 42 heavy (non-hydrogen) atoms. The first-order valence-electron chi connectivity index (χ1n) is 13.2. The van der Waals surface area contributed by atoms with Crippen molar-refractivity contribution in [3.05, 3.63) is 53.6 Å². The van der Waals surface area contributed by atoms with Gasteiger partial charge in [-0.3, -0.25) is 14.5 Å². The number of hydrogen-bond donors (Lipinski definition) is 4. The second-order valence-electron chi connectivity index (χ2n) is 9.92. The molecular formula is C28H33F3N4O7. The number of para-hydroxylation sites is 1. The molecule has 0 unspecified atom stereocenters. The minimum Gasteiger partial charge on any atom is -0.496 e. The van der Waals surface area contributed by atoms with Gasteiger partial charge in [-0.1, -0.05) is 18.6 Å². The van der Waals surface area contributed by atoms with E-state index in [-0.39, 0.29) is 17.2 Å². The van der Waals surface area contributed by atoms with Gasteiger partial charge in [0.05, 0.1) is 23.9 Å². The van der Waals surface area contributed by atoms with E-state index in [4.69, 9.17) is 20.4 Å². The van der Waals surface area contributed by atoms with Crippen LogP contribution in [-0.4, -0.2) is 83.9 Å². The number of ether oxygens (including phenoxy) is 1. The summed E-state index contributed by atoms with van der Waals surface area (Å²) in [5.41, 5.74) is 6.49. The molecule has 5 N–H and O–H groups in total. The lowest BCUT2D eigenvalue weighted by Crippen LogP contribution is -2.63. The van der Waals surface area contributed by atoms with Gasteiger partial charge in [-0.25, -0.2) is 9.59 Å². The number of methoxy groups -OCH3 is 1. The molecule has 0 aliphatic carbocycles. The molecule has 0 bridgehead atoms. The number of aromatic carboxylic acids is 1. The molecule has 0 atom stereocenters. The molecule has 2 fully saturated rings. The van der Waals surface area contributed by atoms with Crippen molar-refractivity contribution >= 4 is 35.1 Å². The molecule has 2 aromatic rings. The van der Waals surface area contributed by atoms with Crippen molar-refractivity contribution in [2.45, 2.75) is 43.8 Å². The molecule has 4 rings (SSSR count). The number of nitrogens with one attached hydrogen (secondary N) is 1. The number of halogens is 3. The molecule has 0 spiro atoms. The van der Waals surface area contributed by atoms with Crippen LogP contribution in [0.15, 0.2) is 42.5 Å². The van der Waals surface area contributed by atoms with Gasteiger partial charge in [0.25, 0.3) is 5.91 Å². The summed E-state index contributed by atoms with van der Waals surface area (Å²) < 4.78 is 37.0. The Morgan fingerprint density at radius 3 is 2.05 bits per heavy atom. The quantitative estimate of drug-likeness (QED) is 0.375. The van der Waals surface area contributed by atoms with Crippen molar-refractivity contribution in [2.24, 2.45) is 5.73 Å². The van der Waals surface area contributed by atoms with Crippen LogP contribution in [0.1, 0.15) is 52.8 Å². The van der Waals surface area contributed by atoms with Crippen molar-refractivity contribution in [2.75, 3.05) is 43.5 Å². The third-order valence-corrected chi connectivity index (χ3v) is 7.45. The van der Waals surface area contributed by atoms with Crippen LogP contribution in [0.25, 0.3) is 0 Å². The first-order valence-corrected chi connectivity index (χ1v) is 13.2. The minimum atomic E-state index is -5.08. The Balaban J connectivity index is 0.000000616. The number of hydrogen-bond acceptors (Lipinski definition) is 7. The summed E-state index contributed by atoms with van der Waals surface area (Å²) in [6, 6.07) is 11.7.